The highest BCUT2D eigenvalue weighted by Crippen LogP contribution is 2.16. The molecule has 0 radical (unpaired) electrons. The van der Waals surface area contributed by atoms with Crippen molar-refractivity contribution >= 4 is 12.6 Å². The number of carbonyl (C=O) groups is 2. The first-order valence-corrected chi connectivity index (χ1v) is 12.1. The summed E-state index contributed by atoms with van der Waals surface area (Å²) >= 11 is 0. The lowest BCUT2D eigenvalue weighted by Gasteiger charge is -1.92. The van der Waals surface area contributed by atoms with Crippen LogP contribution in [0.5, 0.6) is 0 Å². The molecule has 0 N–H and O–H groups in total. The van der Waals surface area contributed by atoms with Crippen LogP contribution in [0.2, 0.25) is 0 Å². The Labute approximate surface area is 177 Å². The van der Waals surface area contributed by atoms with Gasteiger partial charge in [0.1, 0.15) is 0 Å². The summed E-state index contributed by atoms with van der Waals surface area (Å²) in [6.45, 7) is 8.50. The minimum absolute atomic E-state index is 0.438. The van der Waals surface area contributed by atoms with E-state index in [1.165, 1.54) is 116 Å². The number of aldehydes is 2. The van der Waals surface area contributed by atoms with E-state index in [1.54, 1.807) is 0 Å². The molecule has 28 heavy (non-hydrogen) atoms. The molecule has 0 aromatic heterocycles. The lowest BCUT2D eigenvalue weighted by Crippen LogP contribution is -2.12. The highest BCUT2D eigenvalue weighted by atomic mass is 16.5. The third-order valence-corrected chi connectivity index (χ3v) is 4.29. The van der Waals surface area contributed by atoms with Crippen LogP contribution in [0.25, 0.3) is 0 Å². The Morgan fingerprint density at radius 1 is 0.536 bits per heavy atom. The summed E-state index contributed by atoms with van der Waals surface area (Å²) in [4.78, 5) is 19.2. The normalized spacial score (nSPS) is 16.4. The molecule has 0 saturated heterocycles. The van der Waals surface area contributed by atoms with Gasteiger partial charge in [0.15, 0.2) is 18.7 Å². The van der Waals surface area contributed by atoms with Crippen molar-refractivity contribution in [2.75, 3.05) is 7.11 Å². The van der Waals surface area contributed by atoms with Crippen LogP contribution in [0.15, 0.2) is 0 Å². The quantitative estimate of drug-likeness (QED) is 0.355. The summed E-state index contributed by atoms with van der Waals surface area (Å²) in [5.74, 6) is 0. The van der Waals surface area contributed by atoms with Crippen LogP contribution in [-0.2, 0) is 14.3 Å². The van der Waals surface area contributed by atoms with Gasteiger partial charge in [0.2, 0.25) is 0 Å². The summed E-state index contributed by atoms with van der Waals surface area (Å²) in [7, 11) is 1.30. The topological polar surface area (TPSA) is 43.4 Å². The largest absolute Gasteiger partial charge is 0.366 e. The minimum Gasteiger partial charge on any atom is -0.366 e. The van der Waals surface area contributed by atoms with Crippen LogP contribution in [-0.4, -0.2) is 25.8 Å². The molecule has 3 nitrogen and oxygen atoms in total. The summed E-state index contributed by atoms with van der Waals surface area (Å²) < 4.78 is 4.31. The Hall–Kier alpha value is -0.700. The molecule has 0 heterocycles. The van der Waals surface area contributed by atoms with Crippen molar-refractivity contribution in [3.8, 4) is 0 Å². The molecule has 170 valence electrons. The molecular formula is C25H52O3. The highest BCUT2D eigenvalue weighted by Gasteiger charge is 1.98. The first kappa shape index (κ1) is 32.0. The fourth-order valence-electron chi connectivity index (χ4n) is 2.79. The van der Waals surface area contributed by atoms with E-state index in [0.29, 0.717) is 12.6 Å². The van der Waals surface area contributed by atoms with E-state index in [9.17, 15) is 9.59 Å². The first-order chi connectivity index (χ1) is 13.7. The fourth-order valence-corrected chi connectivity index (χ4v) is 2.79. The predicted octanol–water partition coefficient (Wildman–Crippen LogP) is 8.08. The van der Waals surface area contributed by atoms with Gasteiger partial charge in [0.25, 0.3) is 0 Å². The number of rotatable bonds is 3. The molecule has 3 fully saturated rings. The molecular weight excluding hydrogens is 348 g/mol. The molecule has 0 spiro atoms. The Morgan fingerprint density at radius 3 is 0.714 bits per heavy atom. The standard InChI is InChI=1S/3C5H10.C4H6O3.2C3H8/c3*1-2-4-5-3-1;1-7-4(2-5)3-6;2*1-3-2/h3*1-5H2;2-4H,1H3;2*3H2,1-2H3. The zero-order chi connectivity index (χ0) is 21.7. The van der Waals surface area contributed by atoms with Crippen LogP contribution in [0.3, 0.4) is 0 Å². The molecule has 3 saturated carbocycles. The fraction of sp³-hybridized carbons (Fsp3) is 0.920. The number of carbonyl (C=O) groups excluding carboxylic acids is 2. The Morgan fingerprint density at radius 2 is 0.679 bits per heavy atom. The van der Waals surface area contributed by atoms with Gasteiger partial charge < -0.3 is 4.74 Å². The summed E-state index contributed by atoms with van der Waals surface area (Å²) in [5, 5.41) is 0. The van der Waals surface area contributed by atoms with Crippen LogP contribution in [0.1, 0.15) is 137 Å². The maximum Gasteiger partial charge on any atom is 0.167 e. The molecule has 0 aliphatic heterocycles. The number of hydrogen-bond acceptors (Lipinski definition) is 3. The zero-order valence-corrected chi connectivity index (χ0v) is 20.0. The first-order valence-electron chi connectivity index (χ1n) is 12.1. The summed E-state index contributed by atoms with van der Waals surface area (Å²) in [5.41, 5.74) is 0. The third kappa shape index (κ3) is 36.3. The molecule has 3 aliphatic carbocycles. The van der Waals surface area contributed by atoms with E-state index in [1.807, 2.05) is 0 Å². The molecule has 0 aromatic carbocycles. The molecule has 3 aliphatic rings. The summed E-state index contributed by atoms with van der Waals surface area (Å²) in [6.07, 6.45) is 25.0. The molecule has 0 bridgehead atoms. The van der Waals surface area contributed by atoms with Gasteiger partial charge in [0, 0.05) is 7.11 Å². The van der Waals surface area contributed by atoms with E-state index in [2.05, 4.69) is 32.4 Å². The van der Waals surface area contributed by atoms with E-state index in [4.69, 9.17) is 0 Å². The van der Waals surface area contributed by atoms with Crippen molar-refractivity contribution in [3.05, 3.63) is 0 Å². The molecule has 0 unspecified atom stereocenters. The Bertz CT molecular complexity index is 198. The minimum atomic E-state index is -0.875. The molecule has 0 atom stereocenters. The monoisotopic (exact) mass is 400 g/mol. The maximum absolute atomic E-state index is 9.61. The second kappa shape index (κ2) is 33.9. The number of hydrogen-bond donors (Lipinski definition) is 0. The van der Waals surface area contributed by atoms with E-state index < -0.39 is 6.10 Å². The van der Waals surface area contributed by atoms with Gasteiger partial charge in [-0.05, 0) is 0 Å². The Balaban J connectivity index is -0.000000274. The van der Waals surface area contributed by atoms with Gasteiger partial charge in [-0.1, -0.05) is 137 Å². The number of methoxy groups -OCH3 is 1. The average molecular weight is 401 g/mol. The average Bonchev–Trinajstić information content (AvgIpc) is 3.53. The number of ether oxygens (including phenoxy) is 1. The van der Waals surface area contributed by atoms with E-state index in [0.717, 1.165) is 0 Å². The van der Waals surface area contributed by atoms with Gasteiger partial charge in [-0.2, -0.15) is 0 Å². The van der Waals surface area contributed by atoms with Crippen LogP contribution in [0, 0.1) is 0 Å². The summed E-state index contributed by atoms with van der Waals surface area (Å²) in [6, 6.07) is 0. The van der Waals surface area contributed by atoms with Crippen molar-refractivity contribution in [2.45, 2.75) is 143 Å². The third-order valence-electron chi connectivity index (χ3n) is 4.29. The highest BCUT2D eigenvalue weighted by molar-refractivity contribution is 5.80. The smallest absolute Gasteiger partial charge is 0.167 e. The van der Waals surface area contributed by atoms with Crippen molar-refractivity contribution in [3.63, 3.8) is 0 Å². The lowest BCUT2D eigenvalue weighted by molar-refractivity contribution is -0.126. The van der Waals surface area contributed by atoms with Crippen LogP contribution >= 0.6 is 0 Å². The molecule has 3 rings (SSSR count). The SMILES string of the molecule is C1CCCC1.C1CCCC1.C1CCCC1.CCC.CCC.COC(C=O)C=O. The Kier molecular flexibility index (Phi) is 38.7. The molecule has 0 aromatic rings. The zero-order valence-electron chi connectivity index (χ0n) is 20.0. The second-order valence-electron chi connectivity index (χ2n) is 7.69. The van der Waals surface area contributed by atoms with Crippen LogP contribution in [0.4, 0.5) is 0 Å². The van der Waals surface area contributed by atoms with Crippen LogP contribution < -0.4 is 0 Å². The van der Waals surface area contributed by atoms with Gasteiger partial charge >= 0.3 is 0 Å². The second-order valence-corrected chi connectivity index (χ2v) is 7.69. The van der Waals surface area contributed by atoms with Crippen molar-refractivity contribution in [2.24, 2.45) is 0 Å². The maximum atomic E-state index is 9.61. The van der Waals surface area contributed by atoms with Gasteiger partial charge in [-0.3, -0.25) is 9.59 Å². The molecule has 0 amide bonds. The van der Waals surface area contributed by atoms with Crippen molar-refractivity contribution in [1.29, 1.82) is 0 Å². The van der Waals surface area contributed by atoms with E-state index in [-0.39, 0.29) is 0 Å². The van der Waals surface area contributed by atoms with Gasteiger partial charge in [-0.15, -0.1) is 0 Å². The lowest BCUT2D eigenvalue weighted by atomic mass is 10.4. The van der Waals surface area contributed by atoms with Gasteiger partial charge in [0.05, 0.1) is 0 Å². The van der Waals surface area contributed by atoms with Gasteiger partial charge in [-0.25, -0.2) is 0 Å². The van der Waals surface area contributed by atoms with Crippen molar-refractivity contribution in [1.82, 2.24) is 0 Å². The molecule has 3 heteroatoms. The van der Waals surface area contributed by atoms with E-state index >= 15 is 0 Å². The van der Waals surface area contributed by atoms with Crippen molar-refractivity contribution < 1.29 is 14.3 Å². The predicted molar refractivity (Wildman–Crippen MR) is 124 cm³/mol.